The number of nitriles is 1. The van der Waals surface area contributed by atoms with E-state index in [1.54, 1.807) is 37.3 Å². The van der Waals surface area contributed by atoms with Crippen LogP contribution >= 0.6 is 0 Å². The van der Waals surface area contributed by atoms with Crippen LogP contribution in [0.15, 0.2) is 53.6 Å². The van der Waals surface area contributed by atoms with Gasteiger partial charge in [0.1, 0.15) is 11.6 Å². The lowest BCUT2D eigenvalue weighted by atomic mass is 9.96. The van der Waals surface area contributed by atoms with Gasteiger partial charge in [0, 0.05) is 17.3 Å². The first-order valence-corrected chi connectivity index (χ1v) is 9.25. The summed E-state index contributed by atoms with van der Waals surface area (Å²) in [6.45, 7) is 1.79. The molecular formula is C19H13F2N3O2S. The fraction of sp³-hybridized carbons (Fsp3) is 0.0526. The van der Waals surface area contributed by atoms with Crippen molar-refractivity contribution in [3.05, 3.63) is 71.4 Å². The number of hydrogen-bond acceptors (Lipinski definition) is 4. The van der Waals surface area contributed by atoms with Gasteiger partial charge in [0.25, 0.3) is 0 Å². The number of nitrogens with zero attached hydrogens (tertiary/aromatic N) is 2. The molecular weight excluding hydrogens is 372 g/mol. The largest absolute Gasteiger partial charge is 0.256 e. The number of aryl methyl sites for hydroxylation is 1. The molecule has 0 aliphatic carbocycles. The summed E-state index contributed by atoms with van der Waals surface area (Å²) in [6.07, 6.45) is 1.45. The Morgan fingerprint density at radius 2 is 1.74 bits per heavy atom. The lowest BCUT2D eigenvalue weighted by Crippen LogP contribution is -2.16. The average Bonchev–Trinajstić information content (AvgIpc) is 2.60. The third-order valence-electron chi connectivity index (χ3n) is 4.03. The van der Waals surface area contributed by atoms with Gasteiger partial charge in [-0.2, -0.15) is 5.26 Å². The Hall–Kier alpha value is -3.15. The predicted octanol–water partition coefficient (Wildman–Crippen LogP) is 3.52. The molecule has 0 aliphatic heterocycles. The third-order valence-corrected chi connectivity index (χ3v) is 4.99. The summed E-state index contributed by atoms with van der Waals surface area (Å²) in [5.74, 6) is -2.60. The summed E-state index contributed by atoms with van der Waals surface area (Å²) < 4.78 is 51.2. The number of sulfonamides is 1. The maximum Gasteiger partial charge on any atom is 0.243 e. The highest BCUT2D eigenvalue weighted by Crippen LogP contribution is 2.33. The second-order valence-electron chi connectivity index (χ2n) is 5.86. The topological polar surface area (TPSA) is 96.8 Å². The molecule has 2 N–H and O–H groups in total. The molecule has 1 heterocycles. The Morgan fingerprint density at radius 1 is 1.07 bits per heavy atom. The molecule has 0 radical (unpaired) electrons. The molecule has 0 amide bonds. The molecule has 2 aromatic carbocycles. The van der Waals surface area contributed by atoms with Gasteiger partial charge in [-0.1, -0.05) is 18.2 Å². The Labute approximate surface area is 154 Å². The second-order valence-corrected chi connectivity index (χ2v) is 7.35. The minimum atomic E-state index is -4.55. The first-order chi connectivity index (χ1) is 12.7. The van der Waals surface area contributed by atoms with Crippen molar-refractivity contribution < 1.29 is 17.2 Å². The van der Waals surface area contributed by atoms with Gasteiger partial charge in [-0.3, -0.25) is 4.98 Å². The normalized spacial score (nSPS) is 11.2. The zero-order valence-electron chi connectivity index (χ0n) is 14.1. The number of benzene rings is 2. The summed E-state index contributed by atoms with van der Waals surface area (Å²) in [7, 11) is -4.55. The molecule has 27 heavy (non-hydrogen) atoms. The zero-order valence-corrected chi connectivity index (χ0v) is 14.9. The van der Waals surface area contributed by atoms with Gasteiger partial charge in [0.2, 0.25) is 10.0 Å². The molecule has 0 aliphatic rings. The predicted molar refractivity (Wildman–Crippen MR) is 95.9 cm³/mol. The lowest BCUT2D eigenvalue weighted by molar-refractivity contribution is 0.520. The van der Waals surface area contributed by atoms with Crippen LogP contribution in [0.2, 0.25) is 0 Å². The van der Waals surface area contributed by atoms with E-state index in [-0.39, 0.29) is 11.3 Å². The number of nitrogens with two attached hydrogens (primary N) is 1. The molecule has 0 saturated heterocycles. The Balaban J connectivity index is 2.23. The molecule has 1 aromatic heterocycles. The van der Waals surface area contributed by atoms with Crippen LogP contribution in [0.1, 0.15) is 11.1 Å². The summed E-state index contributed by atoms with van der Waals surface area (Å²) in [5, 5.41) is 14.1. The van der Waals surface area contributed by atoms with Crippen molar-refractivity contribution in [2.45, 2.75) is 11.8 Å². The van der Waals surface area contributed by atoms with Crippen LogP contribution in [0.4, 0.5) is 8.78 Å². The highest BCUT2D eigenvalue weighted by Gasteiger charge is 2.23. The van der Waals surface area contributed by atoms with Crippen molar-refractivity contribution in [3.63, 3.8) is 0 Å². The molecule has 0 spiro atoms. The van der Waals surface area contributed by atoms with E-state index >= 15 is 0 Å². The number of halogens is 2. The van der Waals surface area contributed by atoms with Crippen LogP contribution < -0.4 is 5.14 Å². The summed E-state index contributed by atoms with van der Waals surface area (Å²) in [4.78, 5) is 2.99. The van der Waals surface area contributed by atoms with E-state index in [1.165, 1.54) is 6.20 Å². The van der Waals surface area contributed by atoms with Gasteiger partial charge in [0.15, 0.2) is 4.90 Å². The molecule has 0 atom stereocenters. The van der Waals surface area contributed by atoms with Crippen LogP contribution in [0.3, 0.4) is 0 Å². The van der Waals surface area contributed by atoms with E-state index in [2.05, 4.69) is 11.1 Å². The number of primary sulfonamides is 1. The van der Waals surface area contributed by atoms with Crippen LogP contribution in [0, 0.1) is 29.9 Å². The molecule has 5 nitrogen and oxygen atoms in total. The third kappa shape index (κ3) is 3.56. The van der Waals surface area contributed by atoms with Crippen molar-refractivity contribution in [1.82, 2.24) is 4.98 Å². The molecule has 8 heteroatoms. The van der Waals surface area contributed by atoms with Crippen molar-refractivity contribution in [3.8, 4) is 28.5 Å². The smallest absolute Gasteiger partial charge is 0.243 e. The fourth-order valence-corrected chi connectivity index (χ4v) is 3.41. The summed E-state index contributed by atoms with van der Waals surface area (Å²) in [5.41, 5.74) is 2.72. The van der Waals surface area contributed by atoms with Gasteiger partial charge in [-0.05, 0) is 42.3 Å². The van der Waals surface area contributed by atoms with E-state index in [1.807, 2.05) is 0 Å². The van der Waals surface area contributed by atoms with E-state index in [0.717, 1.165) is 17.7 Å². The quantitative estimate of drug-likeness (QED) is 0.746. The van der Waals surface area contributed by atoms with Crippen LogP contribution in [-0.2, 0) is 10.0 Å². The van der Waals surface area contributed by atoms with Gasteiger partial charge >= 0.3 is 0 Å². The summed E-state index contributed by atoms with van der Waals surface area (Å²) in [6, 6.07) is 12.3. The number of aromatic nitrogens is 1. The van der Waals surface area contributed by atoms with Crippen LogP contribution in [0.25, 0.3) is 22.4 Å². The molecule has 3 rings (SSSR count). The molecule has 0 fully saturated rings. The average molecular weight is 385 g/mol. The first kappa shape index (κ1) is 18.6. The second kappa shape index (κ2) is 6.87. The molecule has 0 unspecified atom stereocenters. The van der Waals surface area contributed by atoms with E-state index in [9.17, 15) is 22.5 Å². The fourth-order valence-electron chi connectivity index (χ4n) is 2.75. The minimum absolute atomic E-state index is 0.0482. The zero-order chi connectivity index (χ0) is 19.8. The lowest BCUT2D eigenvalue weighted by Gasteiger charge is -2.11. The number of hydrogen-bond donors (Lipinski definition) is 1. The van der Waals surface area contributed by atoms with E-state index in [0.29, 0.717) is 16.7 Å². The first-order valence-electron chi connectivity index (χ1n) is 7.70. The van der Waals surface area contributed by atoms with Gasteiger partial charge in [-0.25, -0.2) is 22.3 Å². The Morgan fingerprint density at radius 3 is 2.33 bits per heavy atom. The Kier molecular flexibility index (Phi) is 4.74. The van der Waals surface area contributed by atoms with Crippen molar-refractivity contribution in [1.29, 1.82) is 5.26 Å². The van der Waals surface area contributed by atoms with Gasteiger partial charge in [-0.15, -0.1) is 0 Å². The minimum Gasteiger partial charge on any atom is -0.256 e. The molecule has 0 saturated carbocycles. The van der Waals surface area contributed by atoms with Crippen molar-refractivity contribution >= 4 is 10.0 Å². The van der Waals surface area contributed by atoms with E-state index < -0.39 is 26.6 Å². The Bertz CT molecular complexity index is 1180. The maximum atomic E-state index is 14.2. The van der Waals surface area contributed by atoms with Crippen molar-refractivity contribution in [2.24, 2.45) is 5.14 Å². The van der Waals surface area contributed by atoms with Crippen LogP contribution in [-0.4, -0.2) is 13.4 Å². The molecule has 3 aromatic rings. The van der Waals surface area contributed by atoms with Gasteiger partial charge < -0.3 is 0 Å². The SMILES string of the molecule is Cc1ccc(-c2cccnc2-c2cc(F)c(S(N)(=O)=O)c(F)c2)cc1C#N. The van der Waals surface area contributed by atoms with E-state index in [4.69, 9.17) is 5.14 Å². The highest BCUT2D eigenvalue weighted by atomic mass is 32.2. The molecule has 136 valence electrons. The monoisotopic (exact) mass is 385 g/mol. The van der Waals surface area contributed by atoms with Crippen LogP contribution in [0.5, 0.6) is 0 Å². The molecule has 0 bridgehead atoms. The number of pyridine rings is 1. The highest BCUT2D eigenvalue weighted by molar-refractivity contribution is 7.89. The van der Waals surface area contributed by atoms with Gasteiger partial charge in [0.05, 0.1) is 17.3 Å². The van der Waals surface area contributed by atoms with Crippen molar-refractivity contribution in [2.75, 3.05) is 0 Å². The maximum absolute atomic E-state index is 14.2. The standard InChI is InChI=1S/C19H13F2N3O2S/c1-11-4-5-12(7-14(11)10-22)15-3-2-6-24-18(15)13-8-16(20)19(17(21)9-13)27(23,25)26/h2-9H,1H3,(H2,23,25,26). The summed E-state index contributed by atoms with van der Waals surface area (Å²) >= 11 is 0. The number of rotatable bonds is 3.